The van der Waals surface area contributed by atoms with Gasteiger partial charge in [-0.15, -0.1) is 18.3 Å². The largest absolute Gasteiger partial charge is 0.573 e. The highest BCUT2D eigenvalue weighted by molar-refractivity contribution is 7.90. The third kappa shape index (κ3) is 5.31. The molecule has 0 bridgehead atoms. The first-order valence-electron chi connectivity index (χ1n) is 10.5. The van der Waals surface area contributed by atoms with Crippen LogP contribution in [0, 0.1) is 6.92 Å². The Hall–Kier alpha value is -4.26. The molecule has 192 valence electrons. The summed E-state index contributed by atoms with van der Waals surface area (Å²) in [6.45, 7) is 1.66. The number of aromatic nitrogens is 2. The van der Waals surface area contributed by atoms with Gasteiger partial charge in [0, 0.05) is 11.8 Å². The number of nitrogens with zero attached hydrogens (tertiary/aromatic N) is 3. The van der Waals surface area contributed by atoms with Crippen LogP contribution in [-0.2, 0) is 14.6 Å². The van der Waals surface area contributed by atoms with Gasteiger partial charge in [-0.05, 0) is 61.0 Å². The van der Waals surface area contributed by atoms with Gasteiger partial charge in [-0.3, -0.25) is 14.5 Å². The van der Waals surface area contributed by atoms with Crippen LogP contribution in [0.3, 0.4) is 0 Å². The van der Waals surface area contributed by atoms with Crippen LogP contribution in [0.5, 0.6) is 5.75 Å². The van der Waals surface area contributed by atoms with Crippen molar-refractivity contribution in [2.75, 3.05) is 11.2 Å². The number of rotatable bonds is 6. The fraction of sp³-hybridized carbons (Fsp3) is 0.167. The number of aliphatic hydroxyl groups excluding tert-OH is 1. The number of sulfone groups is 1. The fourth-order valence-electron chi connectivity index (χ4n) is 3.77. The van der Waals surface area contributed by atoms with Crippen LogP contribution in [0.2, 0.25) is 0 Å². The second kappa shape index (κ2) is 9.32. The highest BCUT2D eigenvalue weighted by Gasteiger charge is 2.45. The van der Waals surface area contributed by atoms with Crippen LogP contribution >= 0.6 is 0 Å². The van der Waals surface area contributed by atoms with Crippen molar-refractivity contribution in [3.8, 4) is 5.75 Å². The maximum absolute atomic E-state index is 13.5. The molecule has 1 aliphatic rings. The Labute approximate surface area is 208 Å². The molecule has 37 heavy (non-hydrogen) atoms. The molecule has 0 spiro atoms. The normalized spacial score (nSPS) is 16.3. The number of aliphatic hydroxyl groups is 1. The Morgan fingerprint density at radius 1 is 1.00 bits per heavy atom. The number of hydrogen-bond donors (Lipinski definition) is 1. The molecular weight excluding hydrogens is 515 g/mol. The molecule has 9 nitrogen and oxygen atoms in total. The molecule has 0 saturated heterocycles. The van der Waals surface area contributed by atoms with Crippen molar-refractivity contribution in [1.82, 2.24) is 10.2 Å². The Kier molecular flexibility index (Phi) is 6.50. The number of alkyl halides is 3. The number of carbonyl (C=O) groups excluding carboxylic acids is 2. The number of Topliss-reactive ketones (excluding diaryl/α,β-unsaturated/α-hetero) is 1. The Morgan fingerprint density at radius 2 is 1.62 bits per heavy atom. The van der Waals surface area contributed by atoms with Gasteiger partial charge in [0.1, 0.15) is 5.75 Å². The van der Waals surface area contributed by atoms with Gasteiger partial charge < -0.3 is 9.84 Å². The summed E-state index contributed by atoms with van der Waals surface area (Å²) in [7, 11) is -3.55. The van der Waals surface area contributed by atoms with E-state index < -0.39 is 45.4 Å². The summed E-state index contributed by atoms with van der Waals surface area (Å²) in [6.07, 6.45) is -3.93. The van der Waals surface area contributed by atoms with Crippen LogP contribution in [0.15, 0.2) is 76.9 Å². The van der Waals surface area contributed by atoms with E-state index in [-0.39, 0.29) is 27.4 Å². The van der Waals surface area contributed by atoms with Gasteiger partial charge in [0.2, 0.25) is 0 Å². The predicted octanol–water partition coefficient (Wildman–Crippen LogP) is 3.87. The third-order valence-corrected chi connectivity index (χ3v) is 6.59. The zero-order valence-electron chi connectivity index (χ0n) is 19.2. The molecule has 0 radical (unpaired) electrons. The van der Waals surface area contributed by atoms with Crippen molar-refractivity contribution in [3.63, 3.8) is 0 Å². The minimum Gasteiger partial charge on any atom is -0.503 e. The van der Waals surface area contributed by atoms with E-state index in [1.807, 2.05) is 0 Å². The van der Waals surface area contributed by atoms with E-state index in [0.717, 1.165) is 23.3 Å². The van der Waals surface area contributed by atoms with E-state index in [2.05, 4.69) is 14.9 Å². The summed E-state index contributed by atoms with van der Waals surface area (Å²) >= 11 is 0. The molecule has 13 heteroatoms. The van der Waals surface area contributed by atoms with Gasteiger partial charge in [0.25, 0.3) is 5.91 Å². The number of anilines is 1. The highest BCUT2D eigenvalue weighted by Crippen LogP contribution is 2.41. The van der Waals surface area contributed by atoms with Crippen molar-refractivity contribution in [2.24, 2.45) is 0 Å². The molecule has 0 fully saturated rings. The van der Waals surface area contributed by atoms with Crippen molar-refractivity contribution >= 4 is 27.3 Å². The lowest BCUT2D eigenvalue weighted by Crippen LogP contribution is -2.32. The van der Waals surface area contributed by atoms with Gasteiger partial charge >= 0.3 is 6.36 Å². The molecular formula is C24H18F3N3O6S. The predicted molar refractivity (Wildman–Crippen MR) is 124 cm³/mol. The maximum atomic E-state index is 13.5. The van der Waals surface area contributed by atoms with Crippen molar-refractivity contribution in [2.45, 2.75) is 24.2 Å². The Balaban J connectivity index is 1.81. The molecule has 1 amide bonds. The lowest BCUT2D eigenvalue weighted by Gasteiger charge is -2.25. The first-order valence-corrected chi connectivity index (χ1v) is 12.4. The van der Waals surface area contributed by atoms with Gasteiger partial charge in [-0.1, -0.05) is 12.1 Å². The van der Waals surface area contributed by atoms with Gasteiger partial charge in [0.15, 0.2) is 27.2 Å². The molecule has 1 aromatic heterocycles. The summed E-state index contributed by atoms with van der Waals surface area (Å²) in [6, 6.07) is 11.0. The number of benzene rings is 2. The summed E-state index contributed by atoms with van der Waals surface area (Å²) in [5.74, 6) is -3.21. The van der Waals surface area contributed by atoms with Crippen molar-refractivity contribution < 1.29 is 41.0 Å². The average molecular weight is 533 g/mol. The van der Waals surface area contributed by atoms with Gasteiger partial charge in [-0.25, -0.2) is 8.42 Å². The molecule has 0 aliphatic carbocycles. The zero-order chi connectivity index (χ0) is 27.1. The number of halogens is 3. The van der Waals surface area contributed by atoms with Gasteiger partial charge in [-0.2, -0.15) is 5.10 Å². The highest BCUT2D eigenvalue weighted by atomic mass is 32.2. The van der Waals surface area contributed by atoms with Crippen LogP contribution in [-0.4, -0.2) is 48.0 Å². The summed E-state index contributed by atoms with van der Waals surface area (Å²) in [4.78, 5) is 27.5. The molecule has 4 rings (SSSR count). The first-order chi connectivity index (χ1) is 17.3. The lowest BCUT2D eigenvalue weighted by molar-refractivity contribution is -0.274. The second-order valence-corrected chi connectivity index (χ2v) is 10.1. The number of ether oxygens (including phenoxy) is 1. The minimum absolute atomic E-state index is 0.0157. The summed E-state index contributed by atoms with van der Waals surface area (Å²) in [5.41, 5.74) is 0.301. The maximum Gasteiger partial charge on any atom is 0.573 e. The van der Waals surface area contributed by atoms with Crippen molar-refractivity contribution in [1.29, 1.82) is 0 Å². The molecule has 1 aliphatic heterocycles. The topological polar surface area (TPSA) is 127 Å². The van der Waals surface area contributed by atoms with E-state index >= 15 is 0 Å². The molecule has 2 heterocycles. The van der Waals surface area contributed by atoms with Crippen LogP contribution < -0.4 is 9.64 Å². The molecule has 1 unspecified atom stereocenters. The molecule has 3 aromatic rings. The summed E-state index contributed by atoms with van der Waals surface area (Å²) in [5, 5.41) is 18.6. The average Bonchev–Trinajstić information content (AvgIpc) is 3.08. The Bertz CT molecular complexity index is 1500. The van der Waals surface area contributed by atoms with E-state index in [0.29, 0.717) is 5.69 Å². The quantitative estimate of drug-likeness (QED) is 0.473. The number of ketones is 1. The van der Waals surface area contributed by atoms with Crippen LogP contribution in [0.4, 0.5) is 19.0 Å². The zero-order valence-corrected chi connectivity index (χ0v) is 20.0. The van der Waals surface area contributed by atoms with Gasteiger partial charge in [0.05, 0.1) is 22.2 Å². The number of carbonyl (C=O) groups is 2. The van der Waals surface area contributed by atoms with E-state index in [4.69, 9.17) is 0 Å². The number of aryl methyl sites for hydroxylation is 1. The SMILES string of the molecule is Cc1ccc(N2C(=O)C(O)=C(C(=O)c3ccc(S(C)(=O)=O)cc3)C2c2ccc(OC(F)(F)F)cc2)nn1. The second-order valence-electron chi connectivity index (χ2n) is 8.12. The smallest absolute Gasteiger partial charge is 0.503 e. The molecule has 1 N–H and O–H groups in total. The van der Waals surface area contributed by atoms with Crippen molar-refractivity contribution in [3.05, 3.63) is 88.8 Å². The Morgan fingerprint density at radius 3 is 2.14 bits per heavy atom. The van der Waals surface area contributed by atoms with E-state index in [1.54, 1.807) is 13.0 Å². The lowest BCUT2D eigenvalue weighted by atomic mass is 9.92. The third-order valence-electron chi connectivity index (χ3n) is 5.46. The van der Waals surface area contributed by atoms with E-state index in [9.17, 15) is 36.3 Å². The van der Waals surface area contributed by atoms with E-state index in [1.165, 1.54) is 42.5 Å². The standard InChI is InChI=1S/C24H18F3N3O6S/c1-13-3-12-18(29-28-13)30-20(14-4-8-16(9-5-14)36-24(25,26)27)19(22(32)23(30)33)21(31)15-6-10-17(11-7-15)37(2,34)35/h3-12,20,32H,1-2H3. The number of amides is 1. The minimum atomic E-state index is -4.92. The molecule has 0 saturated carbocycles. The first kappa shape index (κ1) is 25.8. The number of hydrogen-bond acceptors (Lipinski definition) is 8. The fourth-order valence-corrected chi connectivity index (χ4v) is 4.40. The van der Waals surface area contributed by atoms with Crippen LogP contribution in [0.25, 0.3) is 0 Å². The van der Waals surface area contributed by atoms with Crippen LogP contribution in [0.1, 0.15) is 27.7 Å². The molecule has 1 atom stereocenters. The monoisotopic (exact) mass is 533 g/mol. The summed E-state index contributed by atoms with van der Waals surface area (Å²) < 4.78 is 65.2. The molecule has 2 aromatic carbocycles.